The molecule has 14 heteroatoms. The van der Waals surface area contributed by atoms with Gasteiger partial charge in [-0.3, -0.25) is 9.69 Å². The smallest absolute Gasteiger partial charge is 0.401 e. The lowest BCUT2D eigenvalue weighted by atomic mass is 10.2. The van der Waals surface area contributed by atoms with Crippen LogP contribution in [-0.2, 0) is 0 Å². The number of alkyl halides is 3. The van der Waals surface area contributed by atoms with E-state index in [1.165, 1.54) is 30.3 Å². The van der Waals surface area contributed by atoms with Gasteiger partial charge in [0.2, 0.25) is 5.95 Å². The number of fused-ring (bicyclic) bond motifs is 1. The molecule has 1 aliphatic rings. The van der Waals surface area contributed by atoms with E-state index in [9.17, 15) is 22.4 Å². The van der Waals surface area contributed by atoms with Gasteiger partial charge in [0, 0.05) is 43.8 Å². The number of nitrogens with one attached hydrogen (secondary N) is 3. The third-order valence-electron chi connectivity index (χ3n) is 6.13. The maximum absolute atomic E-state index is 14.0. The van der Waals surface area contributed by atoms with E-state index < -0.39 is 24.1 Å². The van der Waals surface area contributed by atoms with Crippen molar-refractivity contribution in [2.75, 3.05) is 55.4 Å². The number of anilines is 5. The van der Waals surface area contributed by atoms with Gasteiger partial charge in [0.1, 0.15) is 17.3 Å². The van der Waals surface area contributed by atoms with Crippen molar-refractivity contribution in [3.8, 4) is 5.75 Å². The molecule has 0 radical (unpaired) electrons. The predicted molar refractivity (Wildman–Crippen MR) is 139 cm³/mol. The predicted octanol–water partition coefficient (Wildman–Crippen LogP) is 4.03. The summed E-state index contributed by atoms with van der Waals surface area (Å²) in [5.41, 5.74) is 0.305. The van der Waals surface area contributed by atoms with Crippen LogP contribution in [0.15, 0.2) is 53.6 Å². The van der Waals surface area contributed by atoms with Crippen LogP contribution in [0, 0.1) is 5.82 Å². The molecule has 3 aromatic heterocycles. The third kappa shape index (κ3) is 6.17. The Bertz CT molecular complexity index is 1540. The summed E-state index contributed by atoms with van der Waals surface area (Å²) in [4.78, 5) is 31.2. The minimum Gasteiger partial charge on any atom is -0.493 e. The molecule has 4 aromatic rings. The number of hydrogen-bond donors (Lipinski definition) is 3. The number of hydrogen-bond acceptors (Lipinski definition) is 9. The summed E-state index contributed by atoms with van der Waals surface area (Å²) < 4.78 is 57.5. The largest absolute Gasteiger partial charge is 0.493 e. The topological polar surface area (TPSA) is 111 Å². The van der Waals surface area contributed by atoms with Gasteiger partial charge < -0.3 is 25.3 Å². The van der Waals surface area contributed by atoms with E-state index in [4.69, 9.17) is 4.74 Å². The molecule has 0 bridgehead atoms. The molecule has 1 saturated heterocycles. The minimum atomic E-state index is -4.23. The van der Waals surface area contributed by atoms with Crippen molar-refractivity contribution in [2.45, 2.75) is 6.18 Å². The lowest BCUT2D eigenvalue weighted by Crippen LogP contribution is -2.49. The molecule has 1 aromatic carbocycles. The molecule has 10 nitrogen and oxygen atoms in total. The van der Waals surface area contributed by atoms with Gasteiger partial charge in [-0.25, -0.2) is 14.4 Å². The summed E-state index contributed by atoms with van der Waals surface area (Å²) in [5, 5.41) is 6.47. The summed E-state index contributed by atoms with van der Waals surface area (Å²) in [7, 11) is 1.48. The summed E-state index contributed by atoms with van der Waals surface area (Å²) in [6.07, 6.45) is -1.19. The number of H-pyrrole nitrogens is 1. The maximum atomic E-state index is 14.0. The van der Waals surface area contributed by atoms with Crippen LogP contribution in [0.5, 0.6) is 5.75 Å². The highest BCUT2D eigenvalue weighted by Gasteiger charge is 2.32. The van der Waals surface area contributed by atoms with Crippen molar-refractivity contribution in [1.82, 2.24) is 24.8 Å². The molecule has 0 atom stereocenters. The molecular weight excluding hydrogens is 520 g/mol. The molecule has 4 heterocycles. The zero-order valence-corrected chi connectivity index (χ0v) is 20.7. The molecule has 0 spiro atoms. The van der Waals surface area contributed by atoms with Crippen molar-refractivity contribution in [3.05, 3.63) is 65.0 Å². The van der Waals surface area contributed by atoms with Crippen LogP contribution in [-0.4, -0.2) is 70.8 Å². The lowest BCUT2D eigenvalue weighted by molar-refractivity contribution is -0.146. The molecule has 0 aliphatic carbocycles. The highest BCUT2D eigenvalue weighted by Crippen LogP contribution is 2.31. The van der Waals surface area contributed by atoms with Crippen LogP contribution in [0.4, 0.5) is 46.5 Å². The number of methoxy groups -OCH3 is 1. The quantitative estimate of drug-likeness (QED) is 0.297. The molecular formula is C25H24F4N8O2. The first kappa shape index (κ1) is 26.2. The van der Waals surface area contributed by atoms with Gasteiger partial charge in [-0.1, -0.05) is 12.1 Å². The SMILES string of the molecule is COc1cc(Nc2nccc(Nc3cc4cccc(F)c4[nH]c3=O)n2)cnc1N1CCN(CC(F)(F)F)CC1. The Balaban J connectivity index is 1.28. The number of ether oxygens (including phenoxy) is 1. The Hall–Kier alpha value is -4.46. The van der Waals surface area contributed by atoms with E-state index >= 15 is 0 Å². The first-order valence-electron chi connectivity index (χ1n) is 12.0. The first-order chi connectivity index (χ1) is 18.7. The highest BCUT2D eigenvalue weighted by molar-refractivity contribution is 5.82. The summed E-state index contributed by atoms with van der Waals surface area (Å²) in [6.45, 7) is 0.336. The van der Waals surface area contributed by atoms with E-state index in [0.29, 0.717) is 41.5 Å². The van der Waals surface area contributed by atoms with Crippen LogP contribution in [0.3, 0.4) is 0 Å². The van der Waals surface area contributed by atoms with Crippen LogP contribution in [0.2, 0.25) is 0 Å². The number of para-hydroxylation sites is 1. The molecule has 1 aliphatic heterocycles. The number of rotatable bonds is 7. The third-order valence-corrected chi connectivity index (χ3v) is 6.13. The average molecular weight is 545 g/mol. The van der Waals surface area contributed by atoms with Gasteiger partial charge in [0.05, 0.1) is 31.1 Å². The van der Waals surface area contributed by atoms with Crippen molar-refractivity contribution < 1.29 is 22.3 Å². The molecule has 39 heavy (non-hydrogen) atoms. The fourth-order valence-electron chi connectivity index (χ4n) is 4.31. The van der Waals surface area contributed by atoms with E-state index in [2.05, 4.69) is 30.6 Å². The van der Waals surface area contributed by atoms with Gasteiger partial charge >= 0.3 is 6.18 Å². The molecule has 204 valence electrons. The fourth-order valence-corrected chi connectivity index (χ4v) is 4.31. The second-order valence-corrected chi connectivity index (χ2v) is 8.86. The molecule has 1 fully saturated rings. The maximum Gasteiger partial charge on any atom is 0.401 e. The number of halogens is 4. The van der Waals surface area contributed by atoms with Gasteiger partial charge in [0.25, 0.3) is 5.56 Å². The van der Waals surface area contributed by atoms with E-state index in [-0.39, 0.29) is 30.2 Å². The second-order valence-electron chi connectivity index (χ2n) is 8.86. The molecule has 0 unspecified atom stereocenters. The highest BCUT2D eigenvalue weighted by atomic mass is 19.4. The van der Waals surface area contributed by atoms with Crippen LogP contribution in [0.25, 0.3) is 10.9 Å². The normalized spacial score (nSPS) is 14.4. The van der Waals surface area contributed by atoms with Crippen molar-refractivity contribution in [2.24, 2.45) is 0 Å². The van der Waals surface area contributed by atoms with E-state index in [1.54, 1.807) is 30.5 Å². The van der Waals surface area contributed by atoms with Crippen LogP contribution in [0.1, 0.15) is 0 Å². The van der Waals surface area contributed by atoms with Crippen molar-refractivity contribution in [3.63, 3.8) is 0 Å². The Morgan fingerprint density at radius 2 is 1.87 bits per heavy atom. The Morgan fingerprint density at radius 3 is 2.62 bits per heavy atom. The molecule has 0 saturated carbocycles. The van der Waals surface area contributed by atoms with Crippen LogP contribution < -0.4 is 25.8 Å². The number of piperazine rings is 1. The van der Waals surface area contributed by atoms with Gasteiger partial charge in [-0.15, -0.1) is 0 Å². The second kappa shape index (κ2) is 10.7. The number of nitrogens with zero attached hydrogens (tertiary/aromatic N) is 5. The number of aromatic amines is 1. The van der Waals surface area contributed by atoms with Gasteiger partial charge in [-0.05, 0) is 18.2 Å². The lowest BCUT2D eigenvalue weighted by Gasteiger charge is -2.36. The first-order valence-corrected chi connectivity index (χ1v) is 12.0. The molecule has 3 N–H and O–H groups in total. The Labute approximate surface area is 219 Å². The zero-order valence-electron chi connectivity index (χ0n) is 20.7. The fraction of sp³-hybridized carbons (Fsp3) is 0.280. The number of pyridine rings is 2. The number of benzene rings is 1. The standard InChI is InChI=1S/C25H24F4N8O2/c1-39-19-12-16(13-31-22(19)37-9-7-36(8-10-37)14-25(27,28)29)32-24-30-6-5-20(34-24)33-18-11-15-3-2-4-17(26)21(15)35-23(18)38/h2-6,11-13H,7-10,14H2,1H3,(H,35,38)(H2,30,32,33,34). The van der Waals surface area contributed by atoms with E-state index in [0.717, 1.165) is 0 Å². The summed E-state index contributed by atoms with van der Waals surface area (Å²) >= 11 is 0. The molecule has 0 amide bonds. The summed E-state index contributed by atoms with van der Waals surface area (Å²) in [5.74, 6) is 0.970. The monoisotopic (exact) mass is 544 g/mol. The summed E-state index contributed by atoms with van der Waals surface area (Å²) in [6, 6.07) is 9.29. The Morgan fingerprint density at radius 1 is 1.08 bits per heavy atom. The van der Waals surface area contributed by atoms with Gasteiger partial charge in [-0.2, -0.15) is 18.2 Å². The Kier molecular flexibility index (Phi) is 7.19. The minimum absolute atomic E-state index is 0.117. The number of aromatic nitrogens is 4. The van der Waals surface area contributed by atoms with Gasteiger partial charge in [0.15, 0.2) is 11.6 Å². The van der Waals surface area contributed by atoms with E-state index in [1.807, 2.05) is 4.90 Å². The van der Waals surface area contributed by atoms with Crippen molar-refractivity contribution in [1.29, 1.82) is 0 Å². The van der Waals surface area contributed by atoms with Crippen LogP contribution >= 0.6 is 0 Å². The zero-order chi connectivity index (χ0) is 27.6. The molecule has 5 rings (SSSR count). The van der Waals surface area contributed by atoms with Crippen molar-refractivity contribution >= 4 is 39.9 Å². The average Bonchev–Trinajstić information content (AvgIpc) is 2.90.